The summed E-state index contributed by atoms with van der Waals surface area (Å²) in [7, 11) is 1.46. The van der Waals surface area contributed by atoms with Gasteiger partial charge in [0.1, 0.15) is 5.75 Å². The van der Waals surface area contributed by atoms with Gasteiger partial charge in [-0.1, -0.05) is 0 Å². The van der Waals surface area contributed by atoms with Gasteiger partial charge in [0.2, 0.25) is 11.9 Å². The largest absolute Gasteiger partial charge is 0.487 e. The summed E-state index contributed by atoms with van der Waals surface area (Å²) in [6.07, 6.45) is 2.15. The van der Waals surface area contributed by atoms with Gasteiger partial charge < -0.3 is 20.1 Å². The maximum absolute atomic E-state index is 12.6. The van der Waals surface area contributed by atoms with Gasteiger partial charge in [0, 0.05) is 23.3 Å². The van der Waals surface area contributed by atoms with Crippen molar-refractivity contribution in [2.45, 2.75) is 24.5 Å². The summed E-state index contributed by atoms with van der Waals surface area (Å²) < 4.78 is 34.4. The van der Waals surface area contributed by atoms with Crippen molar-refractivity contribution in [2.24, 2.45) is 0 Å². The van der Waals surface area contributed by atoms with Crippen LogP contribution in [0, 0.1) is 0 Å². The van der Waals surface area contributed by atoms with E-state index in [1.807, 2.05) is 0 Å². The lowest BCUT2D eigenvalue weighted by Gasteiger charge is -2.12. The Morgan fingerprint density at radius 3 is 2.38 bits per heavy atom. The summed E-state index contributed by atoms with van der Waals surface area (Å²) in [6.45, 7) is 0. The number of aromatic nitrogens is 3. The van der Waals surface area contributed by atoms with Gasteiger partial charge in [-0.25, -0.2) is 0 Å². The fourth-order valence-corrected chi connectivity index (χ4v) is 1.94. The molecule has 0 aliphatic heterocycles. The van der Waals surface area contributed by atoms with E-state index in [4.69, 9.17) is 16.3 Å². The fourth-order valence-electron chi connectivity index (χ4n) is 1.85. The Morgan fingerprint density at radius 2 is 1.79 bits per heavy atom. The molecule has 1 heterocycles. The quantitative estimate of drug-likeness (QED) is 0.735. The summed E-state index contributed by atoms with van der Waals surface area (Å²) >= 11 is 4.72. The zero-order chi connectivity index (χ0) is 17.2. The van der Waals surface area contributed by atoms with Crippen LogP contribution in [0.3, 0.4) is 0 Å². The lowest BCUT2D eigenvalue weighted by Crippen LogP contribution is -2.15. The first-order valence-electron chi connectivity index (χ1n) is 7.11. The molecule has 128 valence electrons. The van der Waals surface area contributed by atoms with E-state index in [2.05, 4.69) is 30.3 Å². The van der Waals surface area contributed by atoms with Crippen LogP contribution in [0.5, 0.6) is 11.8 Å². The molecule has 0 radical (unpaired) electrons. The average molecular weight is 358 g/mol. The van der Waals surface area contributed by atoms with E-state index in [1.54, 1.807) is 0 Å². The lowest BCUT2D eigenvalue weighted by atomic mass is 10.3. The molecule has 0 unspecified atom stereocenters. The van der Waals surface area contributed by atoms with E-state index in [9.17, 15) is 8.78 Å². The molecule has 10 heteroatoms. The number of nitrogens with one attached hydrogen (secondary N) is 2. The molecule has 1 aliphatic rings. The standard InChI is InChI=1S/C14H14ClF2N5O2/c1-23-13-21-11(18-8-2-3-8)20-12(22-13)19-9-4-6-10(7-5-9)24-14(15,16)17/h4-8H,2-3H2,1H3,(H2,18,19,20,21,22). The molecule has 0 spiro atoms. The summed E-state index contributed by atoms with van der Waals surface area (Å²) in [5, 5.41) is 6.10. The third-order valence-corrected chi connectivity index (χ3v) is 3.13. The highest BCUT2D eigenvalue weighted by molar-refractivity contribution is 6.20. The molecule has 0 saturated heterocycles. The molecular weight excluding hydrogens is 344 g/mol. The number of nitrogens with zero attached hydrogens (tertiary/aromatic N) is 3. The molecule has 1 aromatic heterocycles. The Balaban J connectivity index is 1.72. The number of methoxy groups -OCH3 is 1. The summed E-state index contributed by atoms with van der Waals surface area (Å²) in [5.41, 5.74) is -3.18. The van der Waals surface area contributed by atoms with Gasteiger partial charge in [0.05, 0.1) is 7.11 Å². The topological polar surface area (TPSA) is 81.2 Å². The van der Waals surface area contributed by atoms with Crippen molar-refractivity contribution in [3.8, 4) is 11.8 Å². The van der Waals surface area contributed by atoms with E-state index in [1.165, 1.54) is 31.4 Å². The van der Waals surface area contributed by atoms with E-state index in [0.29, 0.717) is 17.7 Å². The molecule has 7 nitrogen and oxygen atoms in total. The van der Waals surface area contributed by atoms with Crippen molar-refractivity contribution >= 4 is 29.2 Å². The highest BCUT2D eigenvalue weighted by Crippen LogP contribution is 2.27. The van der Waals surface area contributed by atoms with Crippen LogP contribution in [-0.2, 0) is 0 Å². The molecule has 2 N–H and O–H groups in total. The molecule has 1 fully saturated rings. The maximum Gasteiger partial charge on any atom is 0.487 e. The fraction of sp³-hybridized carbons (Fsp3) is 0.357. The summed E-state index contributed by atoms with van der Waals surface area (Å²) in [6, 6.07) is 6.29. The van der Waals surface area contributed by atoms with Crippen molar-refractivity contribution in [2.75, 3.05) is 17.7 Å². The van der Waals surface area contributed by atoms with Gasteiger partial charge in [-0.2, -0.15) is 15.0 Å². The van der Waals surface area contributed by atoms with E-state index in [0.717, 1.165) is 12.8 Å². The Labute approximate surface area is 141 Å². The van der Waals surface area contributed by atoms with Crippen LogP contribution in [0.4, 0.5) is 26.4 Å². The molecule has 2 aromatic rings. The normalized spacial score (nSPS) is 14.2. The smallest absolute Gasteiger partial charge is 0.467 e. The van der Waals surface area contributed by atoms with Crippen molar-refractivity contribution in [3.63, 3.8) is 0 Å². The minimum atomic E-state index is -3.75. The van der Waals surface area contributed by atoms with Crippen LogP contribution >= 0.6 is 11.6 Å². The Bertz CT molecular complexity index is 707. The molecule has 1 aromatic carbocycles. The zero-order valence-electron chi connectivity index (χ0n) is 12.6. The van der Waals surface area contributed by atoms with Gasteiger partial charge in [-0.15, -0.1) is 8.78 Å². The Kier molecular flexibility index (Phi) is 4.52. The Hall–Kier alpha value is -2.42. The minimum Gasteiger partial charge on any atom is -0.467 e. The molecule has 0 atom stereocenters. The number of halogens is 3. The lowest BCUT2D eigenvalue weighted by molar-refractivity contribution is -0.0964. The monoisotopic (exact) mass is 357 g/mol. The van der Waals surface area contributed by atoms with Crippen molar-refractivity contribution in [1.82, 2.24) is 15.0 Å². The zero-order valence-corrected chi connectivity index (χ0v) is 13.3. The highest BCUT2D eigenvalue weighted by atomic mass is 35.5. The van der Waals surface area contributed by atoms with Crippen molar-refractivity contribution < 1.29 is 18.3 Å². The predicted octanol–water partition coefficient (Wildman–Crippen LogP) is 3.37. The second-order valence-corrected chi connectivity index (χ2v) is 5.53. The minimum absolute atomic E-state index is 0.0649. The van der Waals surface area contributed by atoms with Gasteiger partial charge in [0.25, 0.3) is 0 Å². The number of rotatable bonds is 7. The van der Waals surface area contributed by atoms with Crippen LogP contribution in [0.25, 0.3) is 0 Å². The van der Waals surface area contributed by atoms with E-state index in [-0.39, 0.29) is 17.7 Å². The van der Waals surface area contributed by atoms with Crippen molar-refractivity contribution in [3.05, 3.63) is 24.3 Å². The molecule has 24 heavy (non-hydrogen) atoms. The third-order valence-electron chi connectivity index (χ3n) is 3.05. The van der Waals surface area contributed by atoms with Crippen LogP contribution in [-0.4, -0.2) is 33.7 Å². The summed E-state index contributed by atoms with van der Waals surface area (Å²) in [4.78, 5) is 12.4. The van der Waals surface area contributed by atoms with Crippen LogP contribution in [0.15, 0.2) is 24.3 Å². The van der Waals surface area contributed by atoms with Crippen LogP contribution in [0.1, 0.15) is 12.8 Å². The highest BCUT2D eigenvalue weighted by Gasteiger charge is 2.27. The van der Waals surface area contributed by atoms with Crippen LogP contribution in [0.2, 0.25) is 0 Å². The number of hydrogen-bond donors (Lipinski definition) is 2. The first-order chi connectivity index (χ1) is 11.4. The van der Waals surface area contributed by atoms with Gasteiger partial charge >= 0.3 is 11.6 Å². The molecule has 0 bridgehead atoms. The van der Waals surface area contributed by atoms with Crippen LogP contribution < -0.4 is 20.1 Å². The predicted molar refractivity (Wildman–Crippen MR) is 84.2 cm³/mol. The molecule has 0 amide bonds. The van der Waals surface area contributed by atoms with Gasteiger partial charge in [-0.3, -0.25) is 0 Å². The van der Waals surface area contributed by atoms with Gasteiger partial charge in [0.15, 0.2) is 0 Å². The molecule has 3 rings (SSSR count). The third kappa shape index (κ3) is 4.79. The van der Waals surface area contributed by atoms with E-state index < -0.39 is 5.57 Å². The number of alkyl halides is 3. The average Bonchev–Trinajstić information content (AvgIpc) is 3.31. The van der Waals surface area contributed by atoms with E-state index >= 15 is 0 Å². The molecule has 1 saturated carbocycles. The second kappa shape index (κ2) is 6.60. The number of anilines is 3. The first-order valence-corrected chi connectivity index (χ1v) is 7.48. The SMILES string of the molecule is COc1nc(Nc2ccc(OC(F)(F)Cl)cc2)nc(NC2CC2)n1. The summed E-state index contributed by atoms with van der Waals surface area (Å²) in [5.74, 6) is 0.611. The first kappa shape index (κ1) is 16.4. The second-order valence-electron chi connectivity index (χ2n) is 5.09. The molecular formula is C14H14ClF2N5O2. The maximum atomic E-state index is 12.6. The molecule has 1 aliphatic carbocycles. The van der Waals surface area contributed by atoms with Crippen molar-refractivity contribution in [1.29, 1.82) is 0 Å². The number of hydrogen-bond acceptors (Lipinski definition) is 7. The number of benzene rings is 1. The Morgan fingerprint density at radius 1 is 1.12 bits per heavy atom. The number of ether oxygens (including phenoxy) is 2. The van der Waals surface area contributed by atoms with Gasteiger partial charge in [-0.05, 0) is 37.1 Å².